The largest absolute Gasteiger partial charge is 0.481 e. The highest BCUT2D eigenvalue weighted by Crippen LogP contribution is 2.31. The standard InChI is InChI=1S/C9H15NO3/c1-3-12-8(7-5-6-7)10-9(11)13-4-2/h7H,3-6H2,1-2H3. The third kappa shape index (κ3) is 3.44. The Morgan fingerprint density at radius 1 is 1.31 bits per heavy atom. The molecule has 0 aliphatic heterocycles. The number of carbonyl (C=O) groups excluding carboxylic acids is 1. The van der Waals surface area contributed by atoms with E-state index in [1.807, 2.05) is 6.92 Å². The van der Waals surface area contributed by atoms with E-state index in [4.69, 9.17) is 9.47 Å². The fraction of sp³-hybridized carbons (Fsp3) is 0.778. The lowest BCUT2D eigenvalue weighted by atomic mass is 10.4. The highest BCUT2D eigenvalue weighted by molar-refractivity contribution is 5.90. The second-order valence-corrected chi connectivity index (χ2v) is 2.86. The molecule has 1 amide bonds. The zero-order valence-electron chi connectivity index (χ0n) is 8.08. The maximum atomic E-state index is 11.0. The molecular formula is C9H15NO3. The maximum Gasteiger partial charge on any atom is 0.436 e. The first-order valence-corrected chi connectivity index (χ1v) is 4.66. The first kappa shape index (κ1) is 10.0. The van der Waals surface area contributed by atoms with Crippen molar-refractivity contribution in [2.45, 2.75) is 26.7 Å². The van der Waals surface area contributed by atoms with Crippen LogP contribution in [0, 0.1) is 5.92 Å². The van der Waals surface area contributed by atoms with E-state index in [9.17, 15) is 4.79 Å². The van der Waals surface area contributed by atoms with Gasteiger partial charge in [0.05, 0.1) is 13.2 Å². The molecule has 0 bridgehead atoms. The second-order valence-electron chi connectivity index (χ2n) is 2.86. The van der Waals surface area contributed by atoms with Crippen LogP contribution in [0.15, 0.2) is 4.99 Å². The second kappa shape index (κ2) is 4.84. The lowest BCUT2D eigenvalue weighted by Gasteiger charge is -2.04. The molecule has 0 atom stereocenters. The molecule has 0 saturated heterocycles. The Kier molecular flexibility index (Phi) is 3.73. The van der Waals surface area contributed by atoms with Gasteiger partial charge in [-0.15, -0.1) is 4.99 Å². The Morgan fingerprint density at radius 3 is 2.38 bits per heavy atom. The molecule has 0 spiro atoms. The fourth-order valence-electron chi connectivity index (χ4n) is 0.965. The number of rotatable bonds is 3. The third-order valence-corrected chi connectivity index (χ3v) is 1.69. The predicted molar refractivity (Wildman–Crippen MR) is 48.8 cm³/mol. The minimum atomic E-state index is -0.544. The molecule has 13 heavy (non-hydrogen) atoms. The van der Waals surface area contributed by atoms with Crippen molar-refractivity contribution in [3.05, 3.63) is 0 Å². The van der Waals surface area contributed by atoms with Gasteiger partial charge in [-0.2, -0.15) is 0 Å². The van der Waals surface area contributed by atoms with E-state index < -0.39 is 6.09 Å². The van der Waals surface area contributed by atoms with E-state index in [1.165, 1.54) is 0 Å². The molecule has 0 aromatic rings. The highest BCUT2D eigenvalue weighted by Gasteiger charge is 2.29. The van der Waals surface area contributed by atoms with Gasteiger partial charge in [-0.3, -0.25) is 0 Å². The van der Waals surface area contributed by atoms with E-state index in [0.29, 0.717) is 25.0 Å². The van der Waals surface area contributed by atoms with Gasteiger partial charge in [0.2, 0.25) is 0 Å². The van der Waals surface area contributed by atoms with E-state index >= 15 is 0 Å². The summed E-state index contributed by atoms with van der Waals surface area (Å²) >= 11 is 0. The molecule has 0 heterocycles. The summed E-state index contributed by atoms with van der Waals surface area (Å²) < 4.78 is 9.92. The Balaban J connectivity index is 2.46. The molecule has 4 heteroatoms. The Bertz CT molecular complexity index is 209. The van der Waals surface area contributed by atoms with E-state index in [-0.39, 0.29) is 0 Å². The molecular weight excluding hydrogens is 170 g/mol. The van der Waals surface area contributed by atoms with E-state index in [2.05, 4.69) is 4.99 Å². The Hall–Kier alpha value is -1.06. The van der Waals surface area contributed by atoms with Crippen LogP contribution in [0.5, 0.6) is 0 Å². The zero-order valence-corrected chi connectivity index (χ0v) is 8.08. The number of hydrogen-bond acceptors (Lipinski definition) is 3. The summed E-state index contributed by atoms with van der Waals surface area (Å²) in [5.41, 5.74) is 0. The minimum Gasteiger partial charge on any atom is -0.481 e. The normalized spacial score (nSPS) is 16.9. The smallest absolute Gasteiger partial charge is 0.436 e. The number of hydrogen-bond donors (Lipinski definition) is 0. The van der Waals surface area contributed by atoms with Crippen molar-refractivity contribution in [2.75, 3.05) is 13.2 Å². The molecule has 1 aliphatic carbocycles. The monoisotopic (exact) mass is 185 g/mol. The number of aliphatic imine (C=N–C) groups is 1. The van der Waals surface area contributed by atoms with Crippen LogP contribution in [0.3, 0.4) is 0 Å². The lowest BCUT2D eigenvalue weighted by molar-refractivity contribution is 0.162. The van der Waals surface area contributed by atoms with Gasteiger partial charge in [0, 0.05) is 5.92 Å². The molecule has 1 fully saturated rings. The summed E-state index contributed by atoms with van der Waals surface area (Å²) in [4.78, 5) is 14.7. The van der Waals surface area contributed by atoms with Gasteiger partial charge in [0.1, 0.15) is 0 Å². The maximum absolute atomic E-state index is 11.0. The van der Waals surface area contributed by atoms with Crippen LogP contribution in [-0.2, 0) is 9.47 Å². The van der Waals surface area contributed by atoms with Crippen molar-refractivity contribution in [1.29, 1.82) is 0 Å². The number of amides is 1. The Labute approximate surface area is 77.9 Å². The van der Waals surface area contributed by atoms with Gasteiger partial charge in [0.15, 0.2) is 5.90 Å². The summed E-state index contributed by atoms with van der Waals surface area (Å²) in [6.45, 7) is 4.54. The van der Waals surface area contributed by atoms with Crippen LogP contribution in [0.1, 0.15) is 26.7 Å². The summed E-state index contributed by atoms with van der Waals surface area (Å²) in [5.74, 6) is 0.894. The summed E-state index contributed by atoms with van der Waals surface area (Å²) in [5, 5.41) is 0. The topological polar surface area (TPSA) is 47.9 Å². The molecule has 4 nitrogen and oxygen atoms in total. The molecule has 0 aromatic heterocycles. The predicted octanol–water partition coefficient (Wildman–Crippen LogP) is 1.99. The van der Waals surface area contributed by atoms with Crippen molar-refractivity contribution in [3.63, 3.8) is 0 Å². The van der Waals surface area contributed by atoms with Gasteiger partial charge >= 0.3 is 6.09 Å². The molecule has 0 aromatic carbocycles. The quantitative estimate of drug-likeness (QED) is 0.499. The summed E-state index contributed by atoms with van der Waals surface area (Å²) in [7, 11) is 0. The lowest BCUT2D eigenvalue weighted by Crippen LogP contribution is -2.11. The average Bonchev–Trinajstić information content (AvgIpc) is 2.86. The molecule has 1 rings (SSSR count). The van der Waals surface area contributed by atoms with Crippen molar-refractivity contribution in [3.8, 4) is 0 Å². The van der Waals surface area contributed by atoms with Crippen LogP contribution in [0.25, 0.3) is 0 Å². The van der Waals surface area contributed by atoms with Gasteiger partial charge in [-0.1, -0.05) is 0 Å². The third-order valence-electron chi connectivity index (χ3n) is 1.69. The molecule has 74 valence electrons. The zero-order chi connectivity index (χ0) is 9.68. The van der Waals surface area contributed by atoms with Crippen LogP contribution in [0.2, 0.25) is 0 Å². The molecule has 0 N–H and O–H groups in total. The van der Waals surface area contributed by atoms with Gasteiger partial charge in [-0.05, 0) is 26.7 Å². The molecule has 1 saturated carbocycles. The van der Waals surface area contributed by atoms with Gasteiger partial charge < -0.3 is 9.47 Å². The van der Waals surface area contributed by atoms with Crippen LogP contribution < -0.4 is 0 Å². The molecule has 0 radical (unpaired) electrons. The van der Waals surface area contributed by atoms with E-state index in [1.54, 1.807) is 6.92 Å². The first-order valence-electron chi connectivity index (χ1n) is 4.66. The minimum absolute atomic E-state index is 0.351. The Morgan fingerprint density at radius 2 is 1.92 bits per heavy atom. The van der Waals surface area contributed by atoms with Crippen molar-refractivity contribution >= 4 is 12.0 Å². The molecule has 0 unspecified atom stereocenters. The first-order chi connectivity index (χ1) is 6.27. The van der Waals surface area contributed by atoms with Gasteiger partial charge in [0.25, 0.3) is 0 Å². The molecule has 1 aliphatic rings. The summed E-state index contributed by atoms with van der Waals surface area (Å²) in [6, 6.07) is 0. The van der Waals surface area contributed by atoms with Gasteiger partial charge in [-0.25, -0.2) is 4.79 Å². The average molecular weight is 185 g/mol. The highest BCUT2D eigenvalue weighted by atomic mass is 16.6. The van der Waals surface area contributed by atoms with Crippen LogP contribution in [-0.4, -0.2) is 25.2 Å². The summed E-state index contributed by atoms with van der Waals surface area (Å²) in [6.07, 6.45) is 1.59. The number of nitrogens with zero attached hydrogens (tertiary/aromatic N) is 1. The van der Waals surface area contributed by atoms with Crippen molar-refractivity contribution < 1.29 is 14.3 Å². The van der Waals surface area contributed by atoms with Crippen molar-refractivity contribution in [1.82, 2.24) is 0 Å². The SMILES string of the molecule is CCOC(=O)N=C(OCC)C1CC1. The van der Waals surface area contributed by atoms with Crippen LogP contribution in [0.4, 0.5) is 4.79 Å². The fourth-order valence-corrected chi connectivity index (χ4v) is 0.965. The number of ether oxygens (including phenoxy) is 2. The van der Waals surface area contributed by atoms with E-state index in [0.717, 1.165) is 12.8 Å². The number of carbonyl (C=O) groups is 1. The van der Waals surface area contributed by atoms with Crippen molar-refractivity contribution in [2.24, 2.45) is 10.9 Å². The van der Waals surface area contributed by atoms with Crippen LogP contribution >= 0.6 is 0 Å².